The van der Waals surface area contributed by atoms with Crippen molar-refractivity contribution in [2.75, 3.05) is 50.7 Å². The zero-order valence-electron chi connectivity index (χ0n) is 15.5. The van der Waals surface area contributed by atoms with Crippen LogP contribution < -0.4 is 10.6 Å². The molecule has 0 aliphatic carbocycles. The molecule has 3 rings (SSSR count). The maximum atomic E-state index is 12.9. The number of hydrogen-bond donors (Lipinski definition) is 1. The van der Waals surface area contributed by atoms with E-state index in [1.807, 2.05) is 4.90 Å². The molecule has 1 unspecified atom stereocenters. The van der Waals surface area contributed by atoms with Crippen molar-refractivity contribution in [3.63, 3.8) is 0 Å². The lowest BCUT2D eigenvalue weighted by atomic mass is 10.0. The molecule has 2 saturated heterocycles. The Morgan fingerprint density at radius 1 is 1.11 bits per heavy atom. The molecule has 0 bridgehead atoms. The molecule has 1 aromatic carbocycles. The predicted molar refractivity (Wildman–Crippen MR) is 108 cm³/mol. The van der Waals surface area contributed by atoms with Crippen molar-refractivity contribution < 1.29 is 18.0 Å². The minimum absolute atomic E-state index is 0. The Balaban J connectivity index is 0.00000196. The Kier molecular flexibility index (Phi) is 9.33. The van der Waals surface area contributed by atoms with Crippen LogP contribution in [0.3, 0.4) is 0 Å². The summed E-state index contributed by atoms with van der Waals surface area (Å²) in [4.78, 5) is 17.6. The summed E-state index contributed by atoms with van der Waals surface area (Å²) in [5.41, 5.74) is 5.31. The first-order chi connectivity index (χ1) is 12.3. The monoisotopic (exact) mass is 442 g/mol. The Hall–Kier alpha value is -1.22. The van der Waals surface area contributed by atoms with Crippen LogP contribution in [0.1, 0.15) is 18.4 Å². The van der Waals surface area contributed by atoms with Crippen molar-refractivity contribution in [2.45, 2.75) is 25.1 Å². The van der Waals surface area contributed by atoms with Gasteiger partial charge >= 0.3 is 6.18 Å². The van der Waals surface area contributed by atoms with Gasteiger partial charge in [0, 0.05) is 44.5 Å². The smallest absolute Gasteiger partial charge is 0.369 e. The molecule has 160 valence electrons. The summed E-state index contributed by atoms with van der Waals surface area (Å²) in [5.74, 6) is -0.306. The fourth-order valence-electron chi connectivity index (χ4n) is 3.92. The normalized spacial score (nSPS) is 21.5. The summed E-state index contributed by atoms with van der Waals surface area (Å²) < 4.78 is 38.7. The van der Waals surface area contributed by atoms with Crippen LogP contribution in [0.2, 0.25) is 0 Å². The Morgan fingerprint density at radius 3 is 2.39 bits per heavy atom. The third-order valence-electron chi connectivity index (χ3n) is 5.23. The van der Waals surface area contributed by atoms with Gasteiger partial charge in [0.2, 0.25) is 5.91 Å². The Morgan fingerprint density at radius 2 is 1.79 bits per heavy atom. The molecule has 1 aromatic rings. The summed E-state index contributed by atoms with van der Waals surface area (Å²) in [6, 6.07) is 5.92. The number of halogens is 5. The third kappa shape index (κ3) is 6.40. The molecule has 2 heterocycles. The lowest BCUT2D eigenvalue weighted by Gasteiger charge is -2.43. The van der Waals surface area contributed by atoms with E-state index in [0.29, 0.717) is 31.4 Å². The number of rotatable bonds is 4. The molecule has 2 aliphatic heterocycles. The van der Waals surface area contributed by atoms with E-state index in [-0.39, 0.29) is 30.7 Å². The van der Waals surface area contributed by atoms with E-state index in [4.69, 9.17) is 5.73 Å². The zero-order valence-corrected chi connectivity index (χ0v) is 17.2. The maximum Gasteiger partial charge on any atom is 0.416 e. The van der Waals surface area contributed by atoms with Crippen molar-refractivity contribution in [3.8, 4) is 0 Å². The van der Waals surface area contributed by atoms with Gasteiger partial charge in [-0.05, 0) is 37.6 Å². The first-order valence-corrected chi connectivity index (χ1v) is 9.00. The second-order valence-corrected chi connectivity index (χ2v) is 7.07. The fourth-order valence-corrected chi connectivity index (χ4v) is 3.92. The summed E-state index contributed by atoms with van der Waals surface area (Å²) in [6.07, 6.45) is -2.20. The lowest BCUT2D eigenvalue weighted by Crippen LogP contribution is -2.55. The van der Waals surface area contributed by atoms with Crippen molar-refractivity contribution in [1.82, 2.24) is 9.80 Å². The summed E-state index contributed by atoms with van der Waals surface area (Å²) >= 11 is 0. The topological polar surface area (TPSA) is 52.8 Å². The average Bonchev–Trinajstić information content (AvgIpc) is 2.61. The van der Waals surface area contributed by atoms with Gasteiger partial charge in [0.25, 0.3) is 0 Å². The highest BCUT2D eigenvalue weighted by Crippen LogP contribution is 2.32. The number of alkyl halides is 3. The molecule has 2 N–H and O–H groups in total. The SMILES string of the molecule is Cl.Cl.NC(=O)CN1CCCC(N2CCN(c3cccc(C(F)(F)F)c3)CC2)C1. The molecular formula is C18H27Cl2F3N4O. The molecule has 10 heteroatoms. The van der Waals surface area contributed by atoms with Crippen molar-refractivity contribution >= 4 is 36.4 Å². The van der Waals surface area contributed by atoms with Gasteiger partial charge in [-0.3, -0.25) is 14.6 Å². The number of piperazine rings is 1. The minimum Gasteiger partial charge on any atom is -0.369 e. The number of anilines is 1. The number of carbonyl (C=O) groups is 1. The van der Waals surface area contributed by atoms with Crippen molar-refractivity contribution in [2.24, 2.45) is 5.73 Å². The summed E-state index contributed by atoms with van der Waals surface area (Å²) in [5, 5.41) is 0. The van der Waals surface area contributed by atoms with Gasteiger partial charge in [-0.15, -0.1) is 24.8 Å². The van der Waals surface area contributed by atoms with Crippen LogP contribution in [-0.2, 0) is 11.0 Å². The molecule has 0 spiro atoms. The lowest BCUT2D eigenvalue weighted by molar-refractivity contribution is -0.137. The van der Waals surface area contributed by atoms with Gasteiger partial charge in [-0.25, -0.2) is 0 Å². The maximum absolute atomic E-state index is 12.9. The highest BCUT2D eigenvalue weighted by atomic mass is 35.5. The molecule has 2 aliphatic rings. The van der Waals surface area contributed by atoms with Gasteiger partial charge in [0.05, 0.1) is 12.1 Å². The summed E-state index contributed by atoms with van der Waals surface area (Å²) in [7, 11) is 0. The standard InChI is InChI=1S/C18H25F3N4O.2ClH/c19-18(20,21)14-3-1-4-15(11-14)24-7-9-25(10-8-24)16-5-2-6-23(12-16)13-17(22)26;;/h1,3-4,11,16H,2,5-10,12-13H2,(H2,22,26);2*1H. The van der Waals surface area contributed by atoms with E-state index in [1.165, 1.54) is 12.1 Å². The number of piperidine rings is 1. The van der Waals surface area contributed by atoms with Gasteiger partial charge < -0.3 is 10.6 Å². The van der Waals surface area contributed by atoms with Crippen molar-refractivity contribution in [1.29, 1.82) is 0 Å². The summed E-state index contributed by atoms with van der Waals surface area (Å²) in [6.45, 7) is 5.04. The second-order valence-electron chi connectivity index (χ2n) is 7.07. The highest BCUT2D eigenvalue weighted by Gasteiger charge is 2.32. The van der Waals surface area contributed by atoms with Gasteiger partial charge in [0.1, 0.15) is 0 Å². The van der Waals surface area contributed by atoms with E-state index in [9.17, 15) is 18.0 Å². The number of carbonyl (C=O) groups excluding carboxylic acids is 1. The molecule has 0 saturated carbocycles. The number of amides is 1. The van der Waals surface area contributed by atoms with E-state index in [1.54, 1.807) is 6.07 Å². The quantitative estimate of drug-likeness (QED) is 0.778. The van der Waals surface area contributed by atoms with Crippen LogP contribution in [0.5, 0.6) is 0 Å². The zero-order chi connectivity index (χ0) is 18.7. The second kappa shape index (κ2) is 10.5. The number of nitrogens with two attached hydrogens (primary N) is 1. The average molecular weight is 443 g/mol. The molecule has 1 amide bonds. The molecular weight excluding hydrogens is 416 g/mol. The Bertz CT molecular complexity index is 640. The van der Waals surface area contributed by atoms with Gasteiger partial charge in [0.15, 0.2) is 0 Å². The van der Waals surface area contributed by atoms with Crippen LogP contribution in [0.4, 0.5) is 18.9 Å². The molecule has 0 radical (unpaired) electrons. The van der Waals surface area contributed by atoms with Gasteiger partial charge in [-0.1, -0.05) is 6.07 Å². The predicted octanol–water partition coefficient (Wildman–Crippen LogP) is 2.62. The van der Waals surface area contributed by atoms with Crippen LogP contribution >= 0.6 is 24.8 Å². The highest BCUT2D eigenvalue weighted by molar-refractivity contribution is 5.85. The van der Waals surface area contributed by atoms with E-state index < -0.39 is 11.7 Å². The minimum atomic E-state index is -4.32. The van der Waals surface area contributed by atoms with E-state index in [0.717, 1.165) is 45.1 Å². The fraction of sp³-hybridized carbons (Fsp3) is 0.611. The first kappa shape index (κ1) is 24.8. The molecule has 28 heavy (non-hydrogen) atoms. The van der Waals surface area contributed by atoms with Crippen LogP contribution in [0.25, 0.3) is 0 Å². The van der Waals surface area contributed by atoms with E-state index in [2.05, 4.69) is 9.80 Å². The Labute approximate surface area is 175 Å². The number of benzene rings is 1. The molecule has 2 fully saturated rings. The van der Waals surface area contributed by atoms with Crippen LogP contribution in [-0.4, -0.2) is 67.6 Å². The number of primary amides is 1. The number of nitrogens with zero attached hydrogens (tertiary/aromatic N) is 3. The van der Waals surface area contributed by atoms with E-state index >= 15 is 0 Å². The largest absolute Gasteiger partial charge is 0.416 e. The third-order valence-corrected chi connectivity index (χ3v) is 5.23. The van der Waals surface area contributed by atoms with Gasteiger partial charge in [-0.2, -0.15) is 13.2 Å². The number of likely N-dealkylation sites (tertiary alicyclic amines) is 1. The van der Waals surface area contributed by atoms with Crippen molar-refractivity contribution in [3.05, 3.63) is 29.8 Å². The van der Waals surface area contributed by atoms with Crippen LogP contribution in [0, 0.1) is 0 Å². The molecule has 0 aromatic heterocycles. The molecule has 5 nitrogen and oxygen atoms in total. The first-order valence-electron chi connectivity index (χ1n) is 9.00. The molecule has 1 atom stereocenters. The van der Waals surface area contributed by atoms with Crippen LogP contribution in [0.15, 0.2) is 24.3 Å². The number of hydrogen-bond acceptors (Lipinski definition) is 4.